The van der Waals surface area contributed by atoms with E-state index in [2.05, 4.69) is 10.4 Å². The summed E-state index contributed by atoms with van der Waals surface area (Å²) < 4.78 is 17.7. The molecule has 1 atom stereocenters. The van der Waals surface area contributed by atoms with Gasteiger partial charge in [-0.3, -0.25) is 19.2 Å². The molecule has 2 amide bonds. The highest BCUT2D eigenvalue weighted by molar-refractivity contribution is 6.03. The van der Waals surface area contributed by atoms with Crippen molar-refractivity contribution in [3.63, 3.8) is 0 Å². The lowest BCUT2D eigenvalue weighted by molar-refractivity contribution is -0.118. The minimum absolute atomic E-state index is 0.177. The normalized spacial score (nSPS) is 16.6. The van der Waals surface area contributed by atoms with E-state index in [0.717, 1.165) is 5.69 Å². The Balaban J connectivity index is 1.47. The second-order valence-corrected chi connectivity index (χ2v) is 6.83. The van der Waals surface area contributed by atoms with Crippen molar-refractivity contribution in [2.24, 2.45) is 7.05 Å². The summed E-state index contributed by atoms with van der Waals surface area (Å²) in [6, 6.07) is 9.06. The van der Waals surface area contributed by atoms with Crippen molar-refractivity contribution in [2.45, 2.75) is 19.4 Å². The van der Waals surface area contributed by atoms with Crippen molar-refractivity contribution in [1.29, 1.82) is 0 Å². The molecule has 4 rings (SSSR count). The molecule has 0 spiro atoms. The fourth-order valence-electron chi connectivity index (χ4n) is 3.49. The molecule has 0 saturated carbocycles. The molecule has 1 aromatic carbocycles. The highest BCUT2D eigenvalue weighted by atomic mass is 19.1. The van der Waals surface area contributed by atoms with E-state index in [1.165, 1.54) is 6.07 Å². The summed E-state index contributed by atoms with van der Waals surface area (Å²) in [5, 5.41) is 6.97. The fourth-order valence-corrected chi connectivity index (χ4v) is 3.49. The Bertz CT molecular complexity index is 1040. The van der Waals surface area contributed by atoms with Gasteiger partial charge in [0.15, 0.2) is 0 Å². The van der Waals surface area contributed by atoms with Gasteiger partial charge in [-0.2, -0.15) is 5.10 Å². The summed E-state index contributed by atoms with van der Waals surface area (Å²) in [7, 11) is 1.77. The number of carbonyl (C=O) groups excluding carboxylic acids is 2. The molecule has 1 N–H and O–H groups in total. The Kier molecular flexibility index (Phi) is 4.46. The Hall–Kier alpha value is -3.42. The first-order chi connectivity index (χ1) is 13.4. The van der Waals surface area contributed by atoms with Crippen molar-refractivity contribution >= 4 is 17.6 Å². The SMILES string of the molecule is Cc1cc(N2CCC(NC(=O)c3ccc(-n4cccc4)c(F)c3)C2=O)n(C)n1. The molecule has 3 heterocycles. The lowest BCUT2D eigenvalue weighted by atomic mass is 10.1. The van der Waals surface area contributed by atoms with Crippen LogP contribution in [0.5, 0.6) is 0 Å². The van der Waals surface area contributed by atoms with Crippen LogP contribution in [0.25, 0.3) is 5.69 Å². The number of anilines is 1. The number of amides is 2. The molecule has 2 aromatic heterocycles. The van der Waals surface area contributed by atoms with E-state index in [1.807, 2.05) is 13.0 Å². The molecule has 1 unspecified atom stereocenters. The van der Waals surface area contributed by atoms with Gasteiger partial charge in [0.25, 0.3) is 11.8 Å². The number of halogens is 1. The molecule has 0 bridgehead atoms. The minimum Gasteiger partial charge on any atom is -0.340 e. The van der Waals surface area contributed by atoms with E-state index in [4.69, 9.17) is 0 Å². The standard InChI is InChI=1S/C20H20FN5O2/c1-13-11-18(24(2)23-13)26-10-7-16(20(26)28)22-19(27)14-5-6-17(15(21)12-14)25-8-3-4-9-25/h3-6,8-9,11-12,16H,7,10H2,1-2H3,(H,22,27). The van der Waals surface area contributed by atoms with Crippen LogP contribution >= 0.6 is 0 Å². The van der Waals surface area contributed by atoms with Crippen molar-refractivity contribution in [3.8, 4) is 5.69 Å². The molecule has 144 valence electrons. The van der Waals surface area contributed by atoms with Crippen LogP contribution in [0.3, 0.4) is 0 Å². The molecule has 1 aliphatic heterocycles. The molecule has 28 heavy (non-hydrogen) atoms. The molecule has 3 aromatic rings. The number of hydrogen-bond acceptors (Lipinski definition) is 3. The summed E-state index contributed by atoms with van der Waals surface area (Å²) in [5.41, 5.74) is 1.35. The van der Waals surface area contributed by atoms with Crippen molar-refractivity contribution in [3.05, 3.63) is 65.9 Å². The van der Waals surface area contributed by atoms with E-state index in [0.29, 0.717) is 24.5 Å². The fraction of sp³-hybridized carbons (Fsp3) is 0.250. The quantitative estimate of drug-likeness (QED) is 0.753. The zero-order valence-corrected chi connectivity index (χ0v) is 15.6. The molecule has 7 nitrogen and oxygen atoms in total. The average Bonchev–Trinajstić information content (AvgIpc) is 3.37. The Morgan fingerprint density at radius 2 is 2.00 bits per heavy atom. The van der Waals surface area contributed by atoms with Crippen LogP contribution in [0.1, 0.15) is 22.5 Å². The third-order valence-electron chi connectivity index (χ3n) is 4.86. The van der Waals surface area contributed by atoms with Gasteiger partial charge < -0.3 is 9.88 Å². The molecular weight excluding hydrogens is 361 g/mol. The molecule has 0 aliphatic carbocycles. The highest BCUT2D eigenvalue weighted by Crippen LogP contribution is 2.22. The second-order valence-electron chi connectivity index (χ2n) is 6.83. The van der Waals surface area contributed by atoms with Gasteiger partial charge in [-0.15, -0.1) is 0 Å². The first-order valence-electron chi connectivity index (χ1n) is 9.00. The zero-order valence-electron chi connectivity index (χ0n) is 15.6. The number of nitrogens with one attached hydrogen (secondary N) is 1. The lowest BCUT2D eigenvalue weighted by Crippen LogP contribution is -2.42. The number of carbonyl (C=O) groups is 2. The van der Waals surface area contributed by atoms with Gasteiger partial charge in [0, 0.05) is 37.6 Å². The van der Waals surface area contributed by atoms with Gasteiger partial charge >= 0.3 is 0 Å². The van der Waals surface area contributed by atoms with Crippen LogP contribution in [0.2, 0.25) is 0 Å². The summed E-state index contributed by atoms with van der Waals surface area (Å²) in [5.74, 6) is -0.477. The zero-order chi connectivity index (χ0) is 19.8. The Morgan fingerprint density at radius 1 is 1.25 bits per heavy atom. The maximum atomic E-state index is 14.4. The molecule has 1 saturated heterocycles. The van der Waals surface area contributed by atoms with Crippen LogP contribution < -0.4 is 10.2 Å². The lowest BCUT2D eigenvalue weighted by Gasteiger charge is -2.17. The summed E-state index contributed by atoms with van der Waals surface area (Å²) in [6.45, 7) is 2.35. The van der Waals surface area contributed by atoms with E-state index in [9.17, 15) is 14.0 Å². The molecule has 0 radical (unpaired) electrons. The van der Waals surface area contributed by atoms with Gasteiger partial charge in [-0.1, -0.05) is 0 Å². The Morgan fingerprint density at radius 3 is 2.64 bits per heavy atom. The van der Waals surface area contributed by atoms with Gasteiger partial charge in [0.2, 0.25) is 0 Å². The first-order valence-corrected chi connectivity index (χ1v) is 9.00. The van der Waals surface area contributed by atoms with Gasteiger partial charge in [-0.05, 0) is 43.7 Å². The van der Waals surface area contributed by atoms with E-state index in [-0.39, 0.29) is 11.5 Å². The number of hydrogen-bond donors (Lipinski definition) is 1. The number of aryl methyl sites for hydroxylation is 2. The van der Waals surface area contributed by atoms with Crippen LogP contribution in [0.4, 0.5) is 10.2 Å². The average molecular weight is 381 g/mol. The van der Waals surface area contributed by atoms with Crippen LogP contribution in [0.15, 0.2) is 48.8 Å². The number of aromatic nitrogens is 3. The molecule has 8 heteroatoms. The third kappa shape index (κ3) is 3.17. The second kappa shape index (κ2) is 6.95. The Labute approximate surface area is 161 Å². The predicted octanol–water partition coefficient (Wildman–Crippen LogP) is 2.19. The van der Waals surface area contributed by atoms with Gasteiger partial charge in [-0.25, -0.2) is 4.39 Å². The third-order valence-corrected chi connectivity index (χ3v) is 4.86. The first kappa shape index (κ1) is 18.0. The van der Waals surface area contributed by atoms with Crippen molar-refractivity contribution in [1.82, 2.24) is 19.7 Å². The van der Waals surface area contributed by atoms with Gasteiger partial charge in [0.05, 0.1) is 11.4 Å². The number of benzene rings is 1. The number of rotatable bonds is 4. The van der Waals surface area contributed by atoms with E-state index >= 15 is 0 Å². The van der Waals surface area contributed by atoms with E-state index in [1.54, 1.807) is 57.9 Å². The maximum Gasteiger partial charge on any atom is 0.252 e. The summed E-state index contributed by atoms with van der Waals surface area (Å²) in [6.07, 6.45) is 3.94. The topological polar surface area (TPSA) is 72.2 Å². The maximum absolute atomic E-state index is 14.4. The summed E-state index contributed by atoms with van der Waals surface area (Å²) >= 11 is 0. The van der Waals surface area contributed by atoms with Crippen LogP contribution in [0, 0.1) is 12.7 Å². The smallest absolute Gasteiger partial charge is 0.252 e. The van der Waals surface area contributed by atoms with Crippen LogP contribution in [-0.2, 0) is 11.8 Å². The highest BCUT2D eigenvalue weighted by Gasteiger charge is 2.35. The van der Waals surface area contributed by atoms with Crippen molar-refractivity contribution in [2.75, 3.05) is 11.4 Å². The number of nitrogens with zero attached hydrogens (tertiary/aromatic N) is 4. The van der Waals surface area contributed by atoms with Gasteiger partial charge in [0.1, 0.15) is 17.7 Å². The molecular formula is C20H20FN5O2. The van der Waals surface area contributed by atoms with Crippen LogP contribution in [-0.4, -0.2) is 38.7 Å². The molecule has 1 aliphatic rings. The minimum atomic E-state index is -0.644. The molecule has 1 fully saturated rings. The monoisotopic (exact) mass is 381 g/mol. The largest absolute Gasteiger partial charge is 0.340 e. The van der Waals surface area contributed by atoms with Crippen molar-refractivity contribution < 1.29 is 14.0 Å². The van der Waals surface area contributed by atoms with E-state index < -0.39 is 17.8 Å². The summed E-state index contributed by atoms with van der Waals surface area (Å²) in [4.78, 5) is 26.9. The predicted molar refractivity (Wildman–Crippen MR) is 102 cm³/mol.